The molecule has 8 heteroatoms. The molecule has 0 spiro atoms. The number of rotatable bonds is 4. The van der Waals surface area contributed by atoms with Crippen molar-refractivity contribution in [2.75, 3.05) is 25.5 Å². The number of hydrogen-bond donors (Lipinski definition) is 2. The Hall–Kier alpha value is -2.25. The molecular formula is C13H16F3N3O2. The zero-order valence-corrected chi connectivity index (χ0v) is 11.6. The molecule has 0 aliphatic heterocycles. The number of nitrogens with one attached hydrogen (secondary N) is 2. The number of hydrogen-bond acceptors (Lipinski definition) is 2. The van der Waals surface area contributed by atoms with Crippen LogP contribution >= 0.6 is 0 Å². The number of carbonyl (C=O) groups excluding carboxylic acids is 2. The van der Waals surface area contributed by atoms with Crippen LogP contribution in [0.3, 0.4) is 0 Å². The highest BCUT2D eigenvalue weighted by Crippen LogP contribution is 2.15. The molecular weight excluding hydrogens is 287 g/mol. The quantitative estimate of drug-likeness (QED) is 0.895. The van der Waals surface area contributed by atoms with Crippen LogP contribution in [0.25, 0.3) is 0 Å². The van der Waals surface area contributed by atoms with Gasteiger partial charge in [-0.2, -0.15) is 13.2 Å². The number of urea groups is 1. The Morgan fingerprint density at radius 2 is 1.76 bits per heavy atom. The Bertz CT molecular complexity index is 500. The number of alkyl halides is 3. The third-order valence-electron chi connectivity index (χ3n) is 2.55. The van der Waals surface area contributed by atoms with E-state index in [9.17, 15) is 22.8 Å². The minimum absolute atomic E-state index is 0.506. The molecule has 0 aliphatic rings. The van der Waals surface area contributed by atoms with Gasteiger partial charge >= 0.3 is 12.2 Å². The van der Waals surface area contributed by atoms with Crippen LogP contribution in [0.1, 0.15) is 5.56 Å². The summed E-state index contributed by atoms with van der Waals surface area (Å²) in [6.45, 7) is 0.0242. The number of amides is 3. The monoisotopic (exact) mass is 303 g/mol. The number of nitrogens with zero attached hydrogens (tertiary/aromatic N) is 1. The van der Waals surface area contributed by atoms with Crippen LogP contribution in [0.2, 0.25) is 0 Å². The van der Waals surface area contributed by atoms with Crippen molar-refractivity contribution in [3.8, 4) is 0 Å². The average molecular weight is 303 g/mol. The summed E-state index contributed by atoms with van der Waals surface area (Å²) >= 11 is 0. The largest absolute Gasteiger partial charge is 0.406 e. The van der Waals surface area contributed by atoms with Gasteiger partial charge in [-0.25, -0.2) is 4.79 Å². The average Bonchev–Trinajstić information content (AvgIpc) is 2.36. The minimum Gasteiger partial charge on any atom is -0.335 e. The van der Waals surface area contributed by atoms with Crippen molar-refractivity contribution in [2.45, 2.75) is 13.1 Å². The molecule has 5 nitrogen and oxygen atoms in total. The summed E-state index contributed by atoms with van der Waals surface area (Å²) in [6, 6.07) is 6.27. The Kier molecular flexibility index (Phi) is 5.57. The molecule has 0 atom stereocenters. The molecule has 1 rings (SSSR count). The van der Waals surface area contributed by atoms with E-state index < -0.39 is 31.2 Å². The van der Waals surface area contributed by atoms with E-state index in [2.05, 4.69) is 10.6 Å². The Morgan fingerprint density at radius 3 is 2.29 bits per heavy atom. The maximum Gasteiger partial charge on any atom is 0.406 e. The van der Waals surface area contributed by atoms with Gasteiger partial charge in [-0.05, 0) is 19.1 Å². The second kappa shape index (κ2) is 6.96. The number of halogens is 3. The summed E-state index contributed by atoms with van der Waals surface area (Å²) < 4.78 is 36.3. The van der Waals surface area contributed by atoms with Crippen LogP contribution in [0.15, 0.2) is 24.3 Å². The van der Waals surface area contributed by atoms with Gasteiger partial charge in [0.25, 0.3) is 0 Å². The number of anilines is 1. The third-order valence-corrected chi connectivity index (χ3v) is 2.55. The molecule has 0 saturated carbocycles. The molecule has 1 aromatic carbocycles. The van der Waals surface area contributed by atoms with Gasteiger partial charge in [-0.1, -0.05) is 17.7 Å². The van der Waals surface area contributed by atoms with Crippen LogP contribution in [-0.4, -0.2) is 43.2 Å². The van der Waals surface area contributed by atoms with Crippen LogP contribution < -0.4 is 10.6 Å². The fourth-order valence-corrected chi connectivity index (χ4v) is 1.46. The highest BCUT2D eigenvalue weighted by molar-refractivity contribution is 5.92. The van der Waals surface area contributed by atoms with Crippen molar-refractivity contribution in [1.29, 1.82) is 0 Å². The molecule has 0 aliphatic carbocycles. The second-order valence-corrected chi connectivity index (χ2v) is 4.54. The predicted molar refractivity (Wildman–Crippen MR) is 71.9 cm³/mol. The first-order valence-corrected chi connectivity index (χ1v) is 6.09. The number of aryl methyl sites for hydroxylation is 1. The Balaban J connectivity index is 2.39. The van der Waals surface area contributed by atoms with E-state index in [1.165, 1.54) is 0 Å². The molecule has 0 saturated heterocycles. The smallest absolute Gasteiger partial charge is 0.335 e. The lowest BCUT2D eigenvalue weighted by molar-refractivity contribution is -0.157. The van der Waals surface area contributed by atoms with E-state index in [1.54, 1.807) is 24.3 Å². The maximum absolute atomic E-state index is 12.1. The summed E-state index contributed by atoms with van der Waals surface area (Å²) in [6.07, 6.45) is -4.46. The fraction of sp³-hybridized carbons (Fsp3) is 0.385. The molecule has 21 heavy (non-hydrogen) atoms. The number of benzene rings is 1. The Morgan fingerprint density at radius 1 is 1.19 bits per heavy atom. The first kappa shape index (κ1) is 16.8. The van der Waals surface area contributed by atoms with Gasteiger partial charge < -0.3 is 15.5 Å². The number of likely N-dealkylation sites (N-methyl/N-ethyl adjacent to an activating group) is 1. The Labute approximate surface area is 120 Å². The van der Waals surface area contributed by atoms with Gasteiger partial charge in [0.1, 0.15) is 6.54 Å². The van der Waals surface area contributed by atoms with Gasteiger partial charge in [0, 0.05) is 12.7 Å². The van der Waals surface area contributed by atoms with Crippen LogP contribution in [0.4, 0.5) is 23.7 Å². The molecule has 3 amide bonds. The molecule has 0 heterocycles. The first-order chi connectivity index (χ1) is 9.67. The van der Waals surface area contributed by atoms with Gasteiger partial charge in [0.05, 0.1) is 6.54 Å². The molecule has 1 aromatic rings. The summed E-state index contributed by atoms with van der Waals surface area (Å²) in [5.74, 6) is -0.827. The van der Waals surface area contributed by atoms with E-state index in [4.69, 9.17) is 0 Å². The van der Waals surface area contributed by atoms with E-state index in [0.29, 0.717) is 10.6 Å². The van der Waals surface area contributed by atoms with E-state index >= 15 is 0 Å². The normalized spacial score (nSPS) is 10.9. The molecule has 0 aromatic heterocycles. The third kappa shape index (κ3) is 6.64. The summed E-state index contributed by atoms with van der Waals surface area (Å²) in [5.41, 5.74) is 1.54. The van der Waals surface area contributed by atoms with Crippen molar-refractivity contribution < 1.29 is 22.8 Å². The van der Waals surface area contributed by atoms with Crippen molar-refractivity contribution in [2.24, 2.45) is 0 Å². The summed E-state index contributed by atoms with van der Waals surface area (Å²) in [4.78, 5) is 23.4. The highest BCUT2D eigenvalue weighted by Gasteiger charge is 2.31. The fourth-order valence-electron chi connectivity index (χ4n) is 1.46. The van der Waals surface area contributed by atoms with E-state index in [0.717, 1.165) is 12.6 Å². The summed E-state index contributed by atoms with van der Waals surface area (Å²) in [5, 5.41) is 4.67. The maximum atomic E-state index is 12.1. The van der Waals surface area contributed by atoms with Gasteiger partial charge in [0.15, 0.2) is 0 Å². The highest BCUT2D eigenvalue weighted by atomic mass is 19.4. The SMILES string of the molecule is Cc1ccc(NC(=O)NCC(=O)N(C)CC(F)(F)F)cc1. The van der Waals surface area contributed by atoms with E-state index in [1.807, 2.05) is 6.92 Å². The van der Waals surface area contributed by atoms with Crippen LogP contribution in [-0.2, 0) is 4.79 Å². The van der Waals surface area contributed by atoms with Crippen molar-refractivity contribution in [3.63, 3.8) is 0 Å². The van der Waals surface area contributed by atoms with E-state index in [-0.39, 0.29) is 0 Å². The van der Waals surface area contributed by atoms with Gasteiger partial charge in [0.2, 0.25) is 5.91 Å². The molecule has 0 bridgehead atoms. The topological polar surface area (TPSA) is 61.4 Å². The molecule has 0 unspecified atom stereocenters. The second-order valence-electron chi connectivity index (χ2n) is 4.54. The standard InChI is InChI=1S/C13H16F3N3O2/c1-9-3-5-10(6-4-9)18-12(21)17-7-11(20)19(2)8-13(14,15)16/h3-6H,7-8H2,1-2H3,(H2,17,18,21). The van der Waals surface area contributed by atoms with Crippen LogP contribution in [0.5, 0.6) is 0 Å². The molecule has 0 fully saturated rings. The van der Waals surface area contributed by atoms with Crippen molar-refractivity contribution in [3.05, 3.63) is 29.8 Å². The zero-order chi connectivity index (χ0) is 16.0. The lowest BCUT2D eigenvalue weighted by atomic mass is 10.2. The lowest BCUT2D eigenvalue weighted by Crippen LogP contribution is -2.43. The minimum atomic E-state index is -4.46. The lowest BCUT2D eigenvalue weighted by Gasteiger charge is -2.19. The van der Waals surface area contributed by atoms with Crippen LogP contribution in [0, 0.1) is 6.92 Å². The molecule has 0 radical (unpaired) electrons. The summed E-state index contributed by atoms with van der Waals surface area (Å²) in [7, 11) is 1.02. The van der Waals surface area contributed by atoms with Gasteiger partial charge in [-0.3, -0.25) is 4.79 Å². The zero-order valence-electron chi connectivity index (χ0n) is 11.6. The molecule has 2 N–H and O–H groups in total. The van der Waals surface area contributed by atoms with Crippen molar-refractivity contribution in [1.82, 2.24) is 10.2 Å². The van der Waals surface area contributed by atoms with Gasteiger partial charge in [-0.15, -0.1) is 0 Å². The van der Waals surface area contributed by atoms with Crippen molar-refractivity contribution >= 4 is 17.6 Å². The predicted octanol–water partition coefficient (Wildman–Crippen LogP) is 2.14. The molecule has 116 valence electrons. The number of carbonyl (C=O) groups is 2. The first-order valence-electron chi connectivity index (χ1n) is 6.09.